The van der Waals surface area contributed by atoms with Crippen molar-refractivity contribution in [2.24, 2.45) is 5.92 Å². The smallest absolute Gasteiger partial charge is 0.353 e. The number of aromatic nitrogens is 3. The van der Waals surface area contributed by atoms with E-state index in [4.69, 9.17) is 11.6 Å². The van der Waals surface area contributed by atoms with E-state index in [0.29, 0.717) is 60.9 Å². The summed E-state index contributed by atoms with van der Waals surface area (Å²) in [6.45, 7) is 8.27. The highest BCUT2D eigenvalue weighted by Crippen LogP contribution is 2.29. The Hall–Kier alpha value is -2.29. The molecule has 1 aliphatic rings. The van der Waals surface area contributed by atoms with Crippen LogP contribution in [0.15, 0.2) is 18.3 Å². The van der Waals surface area contributed by atoms with Gasteiger partial charge in [-0.2, -0.15) is 18.3 Å². The Morgan fingerprint density at radius 2 is 1.86 bits per heavy atom. The van der Waals surface area contributed by atoms with Crippen LogP contribution in [0.1, 0.15) is 35.5 Å². The van der Waals surface area contributed by atoms with Gasteiger partial charge in [-0.1, -0.05) is 25.4 Å². The van der Waals surface area contributed by atoms with Crippen LogP contribution >= 0.6 is 11.6 Å². The summed E-state index contributed by atoms with van der Waals surface area (Å²) >= 11 is 6.40. The first-order chi connectivity index (χ1) is 13.6. The Balaban J connectivity index is 1.66. The molecular weight excluding hydrogens is 407 g/mol. The summed E-state index contributed by atoms with van der Waals surface area (Å²) in [4.78, 5) is 20.4. The quantitative estimate of drug-likeness (QED) is 0.740. The number of carbonyl (C=O) groups excluding carboxylic acids is 1. The summed E-state index contributed by atoms with van der Waals surface area (Å²) in [6.07, 6.45) is -3.58. The number of piperazine rings is 1. The van der Waals surface area contributed by atoms with Crippen LogP contribution in [0.2, 0.25) is 5.15 Å². The van der Waals surface area contributed by atoms with Gasteiger partial charge in [-0.15, -0.1) is 0 Å². The molecule has 0 aliphatic carbocycles. The molecule has 1 saturated heterocycles. The van der Waals surface area contributed by atoms with Crippen LogP contribution in [-0.2, 0) is 12.7 Å². The lowest BCUT2D eigenvalue weighted by Crippen LogP contribution is -2.49. The summed E-state index contributed by atoms with van der Waals surface area (Å²) < 4.78 is 39.7. The highest BCUT2D eigenvalue weighted by atomic mass is 35.5. The van der Waals surface area contributed by atoms with Crippen molar-refractivity contribution < 1.29 is 18.0 Å². The van der Waals surface area contributed by atoms with E-state index < -0.39 is 11.7 Å². The third-order valence-electron chi connectivity index (χ3n) is 4.78. The van der Waals surface area contributed by atoms with E-state index in [1.54, 1.807) is 16.5 Å². The molecule has 1 fully saturated rings. The standard InChI is InChI=1S/C19H23ClF3N5O/c1-12(2)11-28-17(20)16(13(3)25-28)18(29)27-8-6-26(7-9-27)15-5-4-14(10-24-15)19(21,22)23/h4-5,10,12H,6-9,11H2,1-3H3. The van der Waals surface area contributed by atoms with Crippen LogP contribution in [0.25, 0.3) is 0 Å². The number of nitrogens with zero attached hydrogens (tertiary/aromatic N) is 5. The van der Waals surface area contributed by atoms with Crippen LogP contribution in [0.5, 0.6) is 0 Å². The number of pyridine rings is 1. The fourth-order valence-electron chi connectivity index (χ4n) is 3.30. The fourth-order valence-corrected chi connectivity index (χ4v) is 3.63. The van der Waals surface area contributed by atoms with E-state index >= 15 is 0 Å². The summed E-state index contributed by atoms with van der Waals surface area (Å²) in [5.74, 6) is 0.626. The van der Waals surface area contributed by atoms with E-state index in [2.05, 4.69) is 10.1 Å². The molecule has 0 bridgehead atoms. The zero-order valence-electron chi connectivity index (χ0n) is 16.5. The van der Waals surface area contributed by atoms with Crippen molar-refractivity contribution in [2.45, 2.75) is 33.5 Å². The molecule has 158 valence electrons. The first-order valence-electron chi connectivity index (χ1n) is 9.38. The summed E-state index contributed by atoms with van der Waals surface area (Å²) in [7, 11) is 0. The summed E-state index contributed by atoms with van der Waals surface area (Å²) in [5, 5.41) is 4.72. The van der Waals surface area contributed by atoms with Crippen molar-refractivity contribution in [3.05, 3.63) is 40.3 Å². The van der Waals surface area contributed by atoms with Crippen LogP contribution in [0, 0.1) is 12.8 Å². The van der Waals surface area contributed by atoms with Gasteiger partial charge >= 0.3 is 6.18 Å². The van der Waals surface area contributed by atoms with E-state index in [1.807, 2.05) is 18.7 Å². The average Bonchev–Trinajstić information content (AvgIpc) is 2.93. The van der Waals surface area contributed by atoms with Gasteiger partial charge in [0.25, 0.3) is 5.91 Å². The Morgan fingerprint density at radius 3 is 2.38 bits per heavy atom. The van der Waals surface area contributed by atoms with Crippen molar-refractivity contribution in [2.75, 3.05) is 31.1 Å². The number of amides is 1. The second-order valence-corrected chi connectivity index (χ2v) is 7.87. The van der Waals surface area contributed by atoms with Gasteiger partial charge in [0.15, 0.2) is 0 Å². The van der Waals surface area contributed by atoms with E-state index in [1.165, 1.54) is 6.07 Å². The molecule has 0 unspecified atom stereocenters. The molecule has 0 saturated carbocycles. The lowest BCUT2D eigenvalue weighted by molar-refractivity contribution is -0.137. The maximum absolute atomic E-state index is 13.0. The predicted octanol–water partition coefficient (Wildman–Crippen LogP) is 3.88. The molecule has 0 atom stereocenters. The summed E-state index contributed by atoms with van der Waals surface area (Å²) in [6, 6.07) is 2.38. The topological polar surface area (TPSA) is 54.3 Å². The van der Waals surface area contributed by atoms with E-state index in [0.717, 1.165) is 12.3 Å². The SMILES string of the molecule is Cc1nn(CC(C)C)c(Cl)c1C(=O)N1CCN(c2ccc(C(F)(F)F)cn2)CC1. The van der Waals surface area contributed by atoms with E-state index in [-0.39, 0.29) is 5.91 Å². The van der Waals surface area contributed by atoms with Crippen LogP contribution in [-0.4, -0.2) is 51.8 Å². The second-order valence-electron chi connectivity index (χ2n) is 7.51. The minimum atomic E-state index is -4.41. The normalized spacial score (nSPS) is 15.3. The molecule has 29 heavy (non-hydrogen) atoms. The van der Waals surface area contributed by atoms with Gasteiger partial charge in [0.1, 0.15) is 11.0 Å². The van der Waals surface area contributed by atoms with Crippen molar-refractivity contribution in [3.8, 4) is 0 Å². The monoisotopic (exact) mass is 429 g/mol. The Labute approximate surface area is 172 Å². The number of hydrogen-bond donors (Lipinski definition) is 0. The van der Waals surface area contributed by atoms with Crippen LogP contribution in [0.4, 0.5) is 19.0 Å². The largest absolute Gasteiger partial charge is 0.417 e. The lowest BCUT2D eigenvalue weighted by atomic mass is 10.2. The molecule has 3 rings (SSSR count). The van der Waals surface area contributed by atoms with Gasteiger partial charge in [-0.3, -0.25) is 9.48 Å². The van der Waals surface area contributed by atoms with E-state index in [9.17, 15) is 18.0 Å². The number of carbonyl (C=O) groups is 1. The Morgan fingerprint density at radius 1 is 1.21 bits per heavy atom. The van der Waals surface area contributed by atoms with Gasteiger partial charge in [0.05, 0.1) is 16.8 Å². The molecule has 1 amide bonds. The maximum atomic E-state index is 13.0. The van der Waals surface area contributed by atoms with Crippen molar-refractivity contribution in [3.63, 3.8) is 0 Å². The molecule has 0 N–H and O–H groups in total. The van der Waals surface area contributed by atoms with Gasteiger partial charge in [-0.25, -0.2) is 4.98 Å². The zero-order chi connectivity index (χ0) is 21.3. The van der Waals surface area contributed by atoms with Gasteiger partial charge in [0.2, 0.25) is 0 Å². The number of halogens is 4. The molecule has 10 heteroatoms. The molecule has 0 aromatic carbocycles. The van der Waals surface area contributed by atoms with Crippen molar-refractivity contribution in [1.29, 1.82) is 0 Å². The molecular formula is C19H23ClF3N5O. The molecule has 2 aromatic rings. The molecule has 1 aliphatic heterocycles. The third kappa shape index (κ3) is 4.66. The highest BCUT2D eigenvalue weighted by molar-refractivity contribution is 6.33. The fraction of sp³-hybridized carbons (Fsp3) is 0.526. The number of aryl methyl sites for hydroxylation is 1. The van der Waals surface area contributed by atoms with Crippen LogP contribution < -0.4 is 4.90 Å². The number of anilines is 1. The minimum Gasteiger partial charge on any atom is -0.353 e. The van der Waals surface area contributed by atoms with Crippen molar-refractivity contribution in [1.82, 2.24) is 19.7 Å². The Bertz CT molecular complexity index is 871. The first kappa shape index (κ1) is 21.4. The van der Waals surface area contributed by atoms with Gasteiger partial charge < -0.3 is 9.80 Å². The maximum Gasteiger partial charge on any atom is 0.417 e. The summed E-state index contributed by atoms with van der Waals surface area (Å²) in [5.41, 5.74) is 0.222. The first-order valence-corrected chi connectivity index (χ1v) is 9.76. The third-order valence-corrected chi connectivity index (χ3v) is 5.17. The molecule has 0 spiro atoms. The van der Waals surface area contributed by atoms with Gasteiger partial charge in [0, 0.05) is 38.9 Å². The van der Waals surface area contributed by atoms with Crippen LogP contribution in [0.3, 0.4) is 0 Å². The molecule has 6 nitrogen and oxygen atoms in total. The molecule has 2 aromatic heterocycles. The van der Waals surface area contributed by atoms with Crippen molar-refractivity contribution >= 4 is 23.3 Å². The lowest BCUT2D eigenvalue weighted by Gasteiger charge is -2.35. The molecule has 0 radical (unpaired) electrons. The number of rotatable bonds is 4. The zero-order valence-corrected chi connectivity index (χ0v) is 17.3. The minimum absolute atomic E-state index is 0.178. The average molecular weight is 430 g/mol. The number of hydrogen-bond acceptors (Lipinski definition) is 4. The highest BCUT2D eigenvalue weighted by Gasteiger charge is 2.32. The second kappa shape index (κ2) is 8.22. The Kier molecular flexibility index (Phi) is 6.07. The van der Waals surface area contributed by atoms with Gasteiger partial charge in [-0.05, 0) is 25.0 Å². The molecule has 3 heterocycles. The number of alkyl halides is 3. The predicted molar refractivity (Wildman–Crippen MR) is 104 cm³/mol.